The van der Waals surface area contributed by atoms with Crippen molar-refractivity contribution in [2.45, 2.75) is 32.7 Å². The highest BCUT2D eigenvalue weighted by atomic mass is 15.1. The maximum Gasteiger partial charge on any atom is 0.0233 e. The number of likely N-dealkylation sites (tertiary alicyclic amines) is 1. The second-order valence-corrected chi connectivity index (χ2v) is 5.84. The summed E-state index contributed by atoms with van der Waals surface area (Å²) in [5.74, 6) is 1.47. The highest BCUT2D eigenvalue weighted by Crippen LogP contribution is 2.19. The molecule has 18 heavy (non-hydrogen) atoms. The summed E-state index contributed by atoms with van der Waals surface area (Å²) in [6, 6.07) is 9.14. The zero-order chi connectivity index (χ0) is 13.0. The van der Waals surface area contributed by atoms with Gasteiger partial charge in [0.15, 0.2) is 0 Å². The first kappa shape index (κ1) is 13.6. The molecule has 0 spiro atoms. The van der Waals surface area contributed by atoms with Crippen molar-refractivity contribution in [1.29, 1.82) is 0 Å². The smallest absolute Gasteiger partial charge is 0.0233 e. The van der Waals surface area contributed by atoms with Crippen molar-refractivity contribution in [2.75, 3.05) is 26.7 Å². The van der Waals surface area contributed by atoms with Gasteiger partial charge in [0.1, 0.15) is 0 Å². The number of hydrogen-bond acceptors (Lipinski definition) is 2. The topological polar surface area (TPSA) is 15.3 Å². The van der Waals surface area contributed by atoms with E-state index < -0.39 is 0 Å². The zero-order valence-electron chi connectivity index (χ0n) is 11.9. The average molecular weight is 246 g/mol. The van der Waals surface area contributed by atoms with E-state index in [4.69, 9.17) is 0 Å². The van der Waals surface area contributed by atoms with Crippen LogP contribution < -0.4 is 5.32 Å². The van der Waals surface area contributed by atoms with Crippen molar-refractivity contribution in [3.05, 3.63) is 35.4 Å². The van der Waals surface area contributed by atoms with Gasteiger partial charge >= 0.3 is 0 Å². The molecule has 0 aromatic heterocycles. The molecule has 1 aliphatic rings. The lowest BCUT2D eigenvalue weighted by Gasteiger charge is -2.16. The SMILES string of the molecule is CNCC1CCN(Cc2ccc(C(C)C)cc2)C1. The van der Waals surface area contributed by atoms with E-state index >= 15 is 0 Å². The molecule has 1 aromatic carbocycles. The van der Waals surface area contributed by atoms with Gasteiger partial charge in [0.25, 0.3) is 0 Å². The second-order valence-electron chi connectivity index (χ2n) is 5.84. The number of benzene rings is 1. The quantitative estimate of drug-likeness (QED) is 0.859. The van der Waals surface area contributed by atoms with Gasteiger partial charge in [0, 0.05) is 13.1 Å². The van der Waals surface area contributed by atoms with Crippen molar-refractivity contribution < 1.29 is 0 Å². The third kappa shape index (κ3) is 3.56. The molecular formula is C16H26N2. The van der Waals surface area contributed by atoms with Gasteiger partial charge in [0.05, 0.1) is 0 Å². The number of nitrogens with zero attached hydrogens (tertiary/aromatic N) is 1. The monoisotopic (exact) mass is 246 g/mol. The maximum absolute atomic E-state index is 3.29. The summed E-state index contributed by atoms with van der Waals surface area (Å²) >= 11 is 0. The lowest BCUT2D eigenvalue weighted by Crippen LogP contribution is -2.24. The van der Waals surface area contributed by atoms with Crippen molar-refractivity contribution >= 4 is 0 Å². The van der Waals surface area contributed by atoms with Crippen LogP contribution in [0.25, 0.3) is 0 Å². The van der Waals surface area contributed by atoms with Crippen LogP contribution in [0.15, 0.2) is 24.3 Å². The Hall–Kier alpha value is -0.860. The normalized spacial score (nSPS) is 20.8. The van der Waals surface area contributed by atoms with E-state index in [0.29, 0.717) is 5.92 Å². The minimum absolute atomic E-state index is 0.630. The zero-order valence-corrected chi connectivity index (χ0v) is 11.9. The molecule has 2 nitrogen and oxygen atoms in total. The summed E-state index contributed by atoms with van der Waals surface area (Å²) < 4.78 is 0. The molecule has 0 aliphatic carbocycles. The van der Waals surface area contributed by atoms with E-state index in [1.54, 1.807) is 0 Å². The Labute approximate surface area is 111 Å². The van der Waals surface area contributed by atoms with Crippen LogP contribution in [0.3, 0.4) is 0 Å². The van der Waals surface area contributed by atoms with Gasteiger partial charge in [-0.25, -0.2) is 0 Å². The van der Waals surface area contributed by atoms with Crippen LogP contribution in [0.1, 0.15) is 37.3 Å². The lowest BCUT2D eigenvalue weighted by molar-refractivity contribution is 0.315. The van der Waals surface area contributed by atoms with Crippen LogP contribution in [-0.4, -0.2) is 31.6 Å². The molecule has 0 amide bonds. The van der Waals surface area contributed by atoms with Crippen molar-refractivity contribution in [2.24, 2.45) is 5.92 Å². The number of nitrogens with one attached hydrogen (secondary N) is 1. The van der Waals surface area contributed by atoms with E-state index in [9.17, 15) is 0 Å². The molecular weight excluding hydrogens is 220 g/mol. The van der Waals surface area contributed by atoms with E-state index in [0.717, 1.165) is 19.0 Å². The molecule has 1 heterocycles. The predicted molar refractivity (Wildman–Crippen MR) is 77.8 cm³/mol. The third-order valence-corrected chi connectivity index (χ3v) is 3.92. The molecule has 1 N–H and O–H groups in total. The summed E-state index contributed by atoms with van der Waals surface area (Å²) in [5, 5.41) is 3.29. The Kier molecular flexibility index (Phi) is 4.79. The van der Waals surface area contributed by atoms with E-state index in [1.807, 2.05) is 7.05 Å². The largest absolute Gasteiger partial charge is 0.319 e. The van der Waals surface area contributed by atoms with Crippen LogP contribution in [0.2, 0.25) is 0 Å². The molecule has 1 atom stereocenters. The van der Waals surface area contributed by atoms with E-state index in [-0.39, 0.29) is 0 Å². The second kappa shape index (κ2) is 6.35. The van der Waals surface area contributed by atoms with E-state index in [1.165, 1.54) is 30.6 Å². The molecule has 2 heteroatoms. The molecule has 1 unspecified atom stereocenters. The van der Waals surface area contributed by atoms with Crippen molar-refractivity contribution in [3.8, 4) is 0 Å². The van der Waals surface area contributed by atoms with Crippen LogP contribution in [0.4, 0.5) is 0 Å². The molecule has 0 bridgehead atoms. The van der Waals surface area contributed by atoms with Crippen LogP contribution in [0, 0.1) is 5.92 Å². The third-order valence-electron chi connectivity index (χ3n) is 3.92. The molecule has 2 rings (SSSR count). The fourth-order valence-electron chi connectivity index (χ4n) is 2.78. The van der Waals surface area contributed by atoms with Gasteiger partial charge in [-0.15, -0.1) is 0 Å². The molecule has 1 saturated heterocycles. The fourth-order valence-corrected chi connectivity index (χ4v) is 2.78. The molecule has 100 valence electrons. The maximum atomic E-state index is 3.29. The van der Waals surface area contributed by atoms with E-state index in [2.05, 4.69) is 48.3 Å². The first-order valence-electron chi connectivity index (χ1n) is 7.15. The summed E-state index contributed by atoms with van der Waals surface area (Å²) in [4.78, 5) is 2.58. The predicted octanol–water partition coefficient (Wildman–Crippen LogP) is 2.85. The minimum atomic E-state index is 0.630. The highest BCUT2D eigenvalue weighted by Gasteiger charge is 2.21. The Morgan fingerprint density at radius 3 is 2.61 bits per heavy atom. The van der Waals surface area contributed by atoms with Crippen LogP contribution in [0.5, 0.6) is 0 Å². The molecule has 0 radical (unpaired) electrons. The Morgan fingerprint density at radius 1 is 1.28 bits per heavy atom. The van der Waals surface area contributed by atoms with Gasteiger partial charge in [-0.1, -0.05) is 38.1 Å². The van der Waals surface area contributed by atoms with Crippen molar-refractivity contribution in [1.82, 2.24) is 10.2 Å². The standard InChI is InChI=1S/C16H26N2/c1-13(2)16-6-4-14(5-7-16)11-18-9-8-15(12-18)10-17-3/h4-7,13,15,17H,8-12H2,1-3H3. The Bertz CT molecular complexity index is 356. The van der Waals surface area contributed by atoms with Gasteiger partial charge in [0.2, 0.25) is 0 Å². The van der Waals surface area contributed by atoms with Crippen LogP contribution in [-0.2, 0) is 6.54 Å². The highest BCUT2D eigenvalue weighted by molar-refractivity contribution is 5.24. The summed E-state index contributed by atoms with van der Waals surface area (Å²) in [5.41, 5.74) is 2.89. The summed E-state index contributed by atoms with van der Waals surface area (Å²) in [7, 11) is 2.05. The molecule has 0 saturated carbocycles. The van der Waals surface area contributed by atoms with Gasteiger partial charge in [-0.05, 0) is 49.5 Å². The van der Waals surface area contributed by atoms with Crippen LogP contribution >= 0.6 is 0 Å². The van der Waals surface area contributed by atoms with Gasteiger partial charge in [-0.3, -0.25) is 4.90 Å². The molecule has 1 fully saturated rings. The van der Waals surface area contributed by atoms with Gasteiger partial charge < -0.3 is 5.32 Å². The van der Waals surface area contributed by atoms with Crippen molar-refractivity contribution in [3.63, 3.8) is 0 Å². The Balaban J connectivity index is 1.86. The first-order valence-corrected chi connectivity index (χ1v) is 7.15. The fraction of sp³-hybridized carbons (Fsp3) is 0.625. The summed E-state index contributed by atoms with van der Waals surface area (Å²) in [6.07, 6.45) is 1.34. The summed E-state index contributed by atoms with van der Waals surface area (Å²) in [6.45, 7) is 9.25. The lowest BCUT2D eigenvalue weighted by atomic mass is 10.0. The number of rotatable bonds is 5. The molecule has 1 aliphatic heterocycles. The van der Waals surface area contributed by atoms with Gasteiger partial charge in [-0.2, -0.15) is 0 Å². The average Bonchev–Trinajstić information content (AvgIpc) is 2.78. The molecule has 1 aromatic rings. The first-order chi connectivity index (χ1) is 8.69. The Morgan fingerprint density at radius 2 is 2.00 bits per heavy atom. The minimum Gasteiger partial charge on any atom is -0.319 e. The number of hydrogen-bond donors (Lipinski definition) is 1.